The molecule has 0 bridgehead atoms. The van der Waals surface area contributed by atoms with Crippen LogP contribution >= 0.6 is 11.6 Å². The molecule has 0 aliphatic heterocycles. The van der Waals surface area contributed by atoms with Crippen molar-refractivity contribution in [1.82, 2.24) is 14.7 Å². The molecule has 0 radical (unpaired) electrons. The molecule has 0 N–H and O–H groups in total. The summed E-state index contributed by atoms with van der Waals surface area (Å²) in [5.41, 5.74) is 2.02. The second kappa shape index (κ2) is 6.77. The smallest absolute Gasteiger partial charge is 0.247 e. The van der Waals surface area contributed by atoms with Crippen molar-refractivity contribution in [2.45, 2.75) is 32.4 Å². The van der Waals surface area contributed by atoms with E-state index in [1.807, 2.05) is 6.92 Å². The first-order valence-corrected chi connectivity index (χ1v) is 8.26. The zero-order valence-electron chi connectivity index (χ0n) is 13.7. The fourth-order valence-electron chi connectivity index (χ4n) is 2.67. The SMILES string of the molecule is Cc1nn(C)c(Cl)c1/C=C/C(=O)N(Cc1ccccc1F)C1CC1. The van der Waals surface area contributed by atoms with Gasteiger partial charge in [0.1, 0.15) is 11.0 Å². The highest BCUT2D eigenvalue weighted by Crippen LogP contribution is 2.29. The van der Waals surface area contributed by atoms with E-state index in [1.165, 1.54) is 12.1 Å². The lowest BCUT2D eigenvalue weighted by molar-refractivity contribution is -0.127. The molecule has 1 heterocycles. The van der Waals surface area contributed by atoms with E-state index in [9.17, 15) is 9.18 Å². The molecule has 24 heavy (non-hydrogen) atoms. The summed E-state index contributed by atoms with van der Waals surface area (Å²) in [6, 6.07) is 6.74. The number of hydrogen-bond acceptors (Lipinski definition) is 2. The van der Waals surface area contributed by atoms with E-state index in [-0.39, 0.29) is 24.3 Å². The van der Waals surface area contributed by atoms with Gasteiger partial charge in [0.05, 0.1) is 5.69 Å². The molecule has 1 amide bonds. The predicted molar refractivity (Wildman–Crippen MR) is 92.0 cm³/mol. The summed E-state index contributed by atoms with van der Waals surface area (Å²) in [6.07, 6.45) is 5.10. The minimum Gasteiger partial charge on any atom is -0.332 e. The molecule has 0 saturated heterocycles. The molecular formula is C18H19ClFN3O. The first-order chi connectivity index (χ1) is 11.5. The lowest BCUT2D eigenvalue weighted by Gasteiger charge is -2.21. The van der Waals surface area contributed by atoms with Crippen molar-refractivity contribution < 1.29 is 9.18 Å². The summed E-state index contributed by atoms with van der Waals surface area (Å²) < 4.78 is 15.4. The van der Waals surface area contributed by atoms with E-state index in [0.29, 0.717) is 10.7 Å². The van der Waals surface area contributed by atoms with Gasteiger partial charge >= 0.3 is 0 Å². The minimum absolute atomic E-state index is 0.139. The van der Waals surface area contributed by atoms with Crippen LogP contribution in [0.15, 0.2) is 30.3 Å². The predicted octanol–water partition coefficient (Wildman–Crippen LogP) is 3.73. The van der Waals surface area contributed by atoms with Crippen molar-refractivity contribution in [3.05, 3.63) is 58.1 Å². The Labute approximate surface area is 145 Å². The molecule has 1 aliphatic rings. The van der Waals surface area contributed by atoms with Crippen molar-refractivity contribution >= 4 is 23.6 Å². The number of aryl methyl sites for hydroxylation is 2. The van der Waals surface area contributed by atoms with Crippen LogP contribution in [0, 0.1) is 12.7 Å². The van der Waals surface area contributed by atoms with E-state index in [0.717, 1.165) is 24.1 Å². The second-order valence-corrected chi connectivity index (χ2v) is 6.39. The van der Waals surface area contributed by atoms with Crippen molar-refractivity contribution in [3.8, 4) is 0 Å². The average molecular weight is 348 g/mol. The van der Waals surface area contributed by atoms with E-state index in [4.69, 9.17) is 11.6 Å². The summed E-state index contributed by atoms with van der Waals surface area (Å²) in [4.78, 5) is 14.3. The Kier molecular flexibility index (Phi) is 4.71. The van der Waals surface area contributed by atoms with Crippen LogP contribution in [0.25, 0.3) is 6.08 Å². The van der Waals surface area contributed by atoms with Gasteiger partial charge in [-0.1, -0.05) is 29.8 Å². The van der Waals surface area contributed by atoms with Gasteiger partial charge in [-0.25, -0.2) is 4.39 Å². The number of aromatic nitrogens is 2. The molecular weight excluding hydrogens is 329 g/mol. The van der Waals surface area contributed by atoms with Gasteiger partial charge < -0.3 is 4.90 Å². The fraction of sp³-hybridized carbons (Fsp3) is 0.333. The summed E-state index contributed by atoms with van der Waals surface area (Å²) in [5, 5.41) is 4.71. The molecule has 3 rings (SSSR count). The molecule has 1 aromatic carbocycles. The fourth-order valence-corrected chi connectivity index (χ4v) is 2.91. The number of rotatable bonds is 5. The van der Waals surface area contributed by atoms with E-state index in [2.05, 4.69) is 5.10 Å². The monoisotopic (exact) mass is 347 g/mol. The quantitative estimate of drug-likeness (QED) is 0.773. The molecule has 0 atom stereocenters. The topological polar surface area (TPSA) is 38.1 Å². The first kappa shape index (κ1) is 16.7. The van der Waals surface area contributed by atoms with Gasteiger partial charge in [0, 0.05) is 36.8 Å². The average Bonchev–Trinajstić information content (AvgIpc) is 3.34. The highest BCUT2D eigenvalue weighted by atomic mass is 35.5. The molecule has 6 heteroatoms. The van der Waals surface area contributed by atoms with Crippen LogP contribution < -0.4 is 0 Å². The van der Waals surface area contributed by atoms with Crippen molar-refractivity contribution in [2.24, 2.45) is 7.05 Å². The number of nitrogens with zero attached hydrogens (tertiary/aromatic N) is 3. The summed E-state index contributed by atoms with van der Waals surface area (Å²) in [5.74, 6) is -0.425. The minimum atomic E-state index is -0.286. The van der Waals surface area contributed by atoms with Gasteiger partial charge in [-0.3, -0.25) is 9.48 Å². The summed E-state index contributed by atoms with van der Waals surface area (Å²) >= 11 is 6.18. The third kappa shape index (κ3) is 3.51. The van der Waals surface area contributed by atoms with E-state index in [1.54, 1.807) is 40.9 Å². The second-order valence-electron chi connectivity index (χ2n) is 6.04. The van der Waals surface area contributed by atoms with Gasteiger partial charge in [0.25, 0.3) is 0 Å². The molecule has 1 aliphatic carbocycles. The third-order valence-corrected chi connectivity index (χ3v) is 4.61. The normalized spacial score (nSPS) is 14.3. The largest absolute Gasteiger partial charge is 0.332 e. The van der Waals surface area contributed by atoms with Gasteiger partial charge in [-0.05, 0) is 31.9 Å². The molecule has 1 aromatic heterocycles. The lowest BCUT2D eigenvalue weighted by Crippen LogP contribution is -2.31. The highest BCUT2D eigenvalue weighted by molar-refractivity contribution is 6.31. The molecule has 126 valence electrons. The summed E-state index contributed by atoms with van der Waals surface area (Å²) in [7, 11) is 1.75. The van der Waals surface area contributed by atoms with E-state index >= 15 is 0 Å². The van der Waals surface area contributed by atoms with Gasteiger partial charge in [-0.15, -0.1) is 0 Å². The van der Waals surface area contributed by atoms with Gasteiger partial charge in [0.2, 0.25) is 5.91 Å². The Morgan fingerprint density at radius 3 is 2.75 bits per heavy atom. The number of carbonyl (C=O) groups is 1. The third-order valence-electron chi connectivity index (χ3n) is 4.16. The Morgan fingerprint density at radius 2 is 2.17 bits per heavy atom. The Hall–Kier alpha value is -2.14. The first-order valence-electron chi connectivity index (χ1n) is 7.88. The van der Waals surface area contributed by atoms with Crippen molar-refractivity contribution in [3.63, 3.8) is 0 Å². The zero-order valence-corrected chi connectivity index (χ0v) is 14.4. The molecule has 2 aromatic rings. The van der Waals surface area contributed by atoms with Crippen LogP contribution in [-0.4, -0.2) is 26.6 Å². The number of carbonyl (C=O) groups excluding carboxylic acids is 1. The standard InChI is InChI=1S/C18H19ClFN3O/c1-12-15(18(19)22(2)21-12)9-10-17(24)23(14-7-8-14)11-13-5-3-4-6-16(13)20/h3-6,9-10,14H,7-8,11H2,1-2H3/b10-9+. The molecule has 0 spiro atoms. The van der Waals surface area contributed by atoms with Crippen LogP contribution in [0.3, 0.4) is 0 Å². The van der Waals surface area contributed by atoms with Crippen LogP contribution in [0.1, 0.15) is 29.7 Å². The zero-order chi connectivity index (χ0) is 17.3. The highest BCUT2D eigenvalue weighted by Gasteiger charge is 2.32. The number of halogens is 2. The van der Waals surface area contributed by atoms with Crippen LogP contribution in [-0.2, 0) is 18.4 Å². The Bertz CT molecular complexity index is 796. The number of hydrogen-bond donors (Lipinski definition) is 0. The van der Waals surface area contributed by atoms with Crippen LogP contribution in [0.2, 0.25) is 5.15 Å². The maximum Gasteiger partial charge on any atom is 0.247 e. The summed E-state index contributed by atoms with van der Waals surface area (Å²) in [6.45, 7) is 2.12. The van der Waals surface area contributed by atoms with Crippen LogP contribution in [0.5, 0.6) is 0 Å². The number of amides is 1. The van der Waals surface area contributed by atoms with Gasteiger partial charge in [-0.2, -0.15) is 5.10 Å². The van der Waals surface area contributed by atoms with Crippen molar-refractivity contribution in [1.29, 1.82) is 0 Å². The molecule has 0 unspecified atom stereocenters. The molecule has 4 nitrogen and oxygen atoms in total. The maximum atomic E-state index is 13.9. The maximum absolute atomic E-state index is 13.9. The Morgan fingerprint density at radius 1 is 1.46 bits per heavy atom. The van der Waals surface area contributed by atoms with Crippen LogP contribution in [0.4, 0.5) is 4.39 Å². The number of benzene rings is 1. The Balaban J connectivity index is 1.78. The van der Waals surface area contributed by atoms with E-state index < -0.39 is 0 Å². The van der Waals surface area contributed by atoms with Gasteiger partial charge in [0.15, 0.2) is 0 Å². The lowest BCUT2D eigenvalue weighted by atomic mass is 10.2. The molecule has 1 fully saturated rings. The van der Waals surface area contributed by atoms with Crippen molar-refractivity contribution in [2.75, 3.05) is 0 Å². The molecule has 1 saturated carbocycles.